The number of piperazine rings is 1. The summed E-state index contributed by atoms with van der Waals surface area (Å²) in [6.07, 6.45) is 0. The maximum atomic E-state index is 12.0. The summed E-state index contributed by atoms with van der Waals surface area (Å²) in [5, 5.41) is 6.31. The Morgan fingerprint density at radius 3 is 2.74 bits per heavy atom. The van der Waals surface area contributed by atoms with Crippen molar-refractivity contribution in [1.82, 2.24) is 10.6 Å². The number of aryl methyl sites for hydroxylation is 1. The van der Waals surface area contributed by atoms with E-state index < -0.39 is 0 Å². The molecule has 0 aliphatic carbocycles. The van der Waals surface area contributed by atoms with Gasteiger partial charge in [0.2, 0.25) is 5.91 Å². The molecule has 1 aliphatic heterocycles. The van der Waals surface area contributed by atoms with Crippen LogP contribution in [0.4, 0.5) is 5.69 Å². The molecule has 2 aromatic carbocycles. The number of halogens is 1. The molecule has 6 nitrogen and oxygen atoms in total. The number of nitrogens with one attached hydrogen (secondary N) is 2. The molecule has 0 atom stereocenters. The summed E-state index contributed by atoms with van der Waals surface area (Å²) in [6, 6.07) is 13.1. The van der Waals surface area contributed by atoms with E-state index in [9.17, 15) is 9.59 Å². The van der Waals surface area contributed by atoms with E-state index >= 15 is 0 Å². The predicted molar refractivity (Wildman–Crippen MR) is 105 cm³/mol. The van der Waals surface area contributed by atoms with Gasteiger partial charge in [-0.25, -0.2) is 0 Å². The number of benzene rings is 2. The first-order chi connectivity index (χ1) is 13.0. The van der Waals surface area contributed by atoms with Gasteiger partial charge in [0, 0.05) is 30.3 Å². The molecule has 1 fully saturated rings. The Kier molecular flexibility index (Phi) is 6.19. The van der Waals surface area contributed by atoms with Gasteiger partial charge in [0.1, 0.15) is 5.75 Å². The van der Waals surface area contributed by atoms with Crippen LogP contribution in [0.5, 0.6) is 5.75 Å². The van der Waals surface area contributed by atoms with E-state index in [0.29, 0.717) is 30.4 Å². The van der Waals surface area contributed by atoms with Crippen LogP contribution in [-0.4, -0.2) is 38.1 Å². The van der Waals surface area contributed by atoms with Crippen molar-refractivity contribution in [2.75, 3.05) is 31.1 Å². The number of hydrogen-bond acceptors (Lipinski definition) is 4. The molecule has 0 bridgehead atoms. The third-order valence-corrected chi connectivity index (χ3v) is 4.75. The van der Waals surface area contributed by atoms with E-state index in [1.807, 2.05) is 36.1 Å². The molecular formula is C20H22ClN3O3. The molecule has 0 saturated carbocycles. The van der Waals surface area contributed by atoms with E-state index in [0.717, 1.165) is 23.4 Å². The highest BCUT2D eigenvalue weighted by molar-refractivity contribution is 6.31. The Labute approximate surface area is 163 Å². The van der Waals surface area contributed by atoms with E-state index in [2.05, 4.69) is 10.6 Å². The standard InChI is InChI=1S/C20H22ClN3O3/c1-14-10-17(6-7-18(14)21)27-13-20(26)23-11-15-2-4-16(5-3-15)24-9-8-22-19(25)12-24/h2-7,10H,8-9,11-13H2,1H3,(H,22,25)(H,23,26). The molecule has 0 spiro atoms. The van der Waals surface area contributed by atoms with Crippen molar-refractivity contribution >= 4 is 29.1 Å². The average Bonchev–Trinajstić information content (AvgIpc) is 2.67. The molecule has 2 aromatic rings. The minimum atomic E-state index is -0.195. The molecular weight excluding hydrogens is 366 g/mol. The third kappa shape index (κ3) is 5.37. The molecule has 1 heterocycles. The lowest BCUT2D eigenvalue weighted by Crippen LogP contribution is -2.47. The number of anilines is 1. The summed E-state index contributed by atoms with van der Waals surface area (Å²) in [5.41, 5.74) is 2.89. The second kappa shape index (κ2) is 8.77. The summed E-state index contributed by atoms with van der Waals surface area (Å²) in [7, 11) is 0. The normalized spacial score (nSPS) is 13.9. The lowest BCUT2D eigenvalue weighted by atomic mass is 10.2. The van der Waals surface area contributed by atoms with Gasteiger partial charge in [0.15, 0.2) is 6.61 Å². The Hall–Kier alpha value is -2.73. The predicted octanol–water partition coefficient (Wildman–Crippen LogP) is 2.28. The van der Waals surface area contributed by atoms with Gasteiger partial charge in [-0.05, 0) is 48.4 Å². The van der Waals surface area contributed by atoms with Gasteiger partial charge in [0.25, 0.3) is 5.91 Å². The zero-order valence-corrected chi connectivity index (χ0v) is 15.9. The van der Waals surface area contributed by atoms with Crippen molar-refractivity contribution in [3.63, 3.8) is 0 Å². The number of ether oxygens (including phenoxy) is 1. The van der Waals surface area contributed by atoms with Crippen molar-refractivity contribution < 1.29 is 14.3 Å². The van der Waals surface area contributed by atoms with Crippen LogP contribution in [0.2, 0.25) is 5.02 Å². The molecule has 27 heavy (non-hydrogen) atoms. The Balaban J connectivity index is 1.45. The van der Waals surface area contributed by atoms with Crippen molar-refractivity contribution in [2.45, 2.75) is 13.5 Å². The number of nitrogens with zero attached hydrogens (tertiary/aromatic N) is 1. The first-order valence-electron chi connectivity index (χ1n) is 8.77. The fourth-order valence-corrected chi connectivity index (χ4v) is 2.91. The minimum Gasteiger partial charge on any atom is -0.484 e. The van der Waals surface area contributed by atoms with Crippen LogP contribution in [0.1, 0.15) is 11.1 Å². The second-order valence-corrected chi connectivity index (χ2v) is 6.82. The molecule has 0 aromatic heterocycles. The van der Waals surface area contributed by atoms with Crippen molar-refractivity contribution in [1.29, 1.82) is 0 Å². The molecule has 0 unspecified atom stereocenters. The lowest BCUT2D eigenvalue weighted by Gasteiger charge is -2.28. The fraction of sp³-hybridized carbons (Fsp3) is 0.300. The maximum absolute atomic E-state index is 12.0. The molecule has 2 amide bonds. The number of carbonyl (C=O) groups is 2. The number of rotatable bonds is 6. The molecule has 142 valence electrons. The summed E-state index contributed by atoms with van der Waals surface area (Å²) in [4.78, 5) is 25.5. The zero-order chi connectivity index (χ0) is 19.2. The SMILES string of the molecule is Cc1cc(OCC(=O)NCc2ccc(N3CCNC(=O)C3)cc2)ccc1Cl. The zero-order valence-electron chi connectivity index (χ0n) is 15.1. The Bertz CT molecular complexity index is 824. The number of amides is 2. The molecule has 0 radical (unpaired) electrons. The van der Waals surface area contributed by atoms with Gasteiger partial charge < -0.3 is 20.3 Å². The molecule has 1 saturated heterocycles. The summed E-state index contributed by atoms with van der Waals surface area (Å²) in [5.74, 6) is 0.454. The Morgan fingerprint density at radius 2 is 2.04 bits per heavy atom. The highest BCUT2D eigenvalue weighted by Gasteiger charge is 2.16. The molecule has 2 N–H and O–H groups in total. The van der Waals surface area contributed by atoms with E-state index in [4.69, 9.17) is 16.3 Å². The van der Waals surface area contributed by atoms with Crippen molar-refractivity contribution in [2.24, 2.45) is 0 Å². The van der Waals surface area contributed by atoms with Crippen molar-refractivity contribution in [3.8, 4) is 5.75 Å². The van der Waals surface area contributed by atoms with Gasteiger partial charge in [-0.1, -0.05) is 23.7 Å². The summed E-state index contributed by atoms with van der Waals surface area (Å²) >= 11 is 5.97. The summed E-state index contributed by atoms with van der Waals surface area (Å²) < 4.78 is 5.49. The van der Waals surface area contributed by atoms with Crippen LogP contribution in [0.25, 0.3) is 0 Å². The maximum Gasteiger partial charge on any atom is 0.258 e. The second-order valence-electron chi connectivity index (χ2n) is 6.41. The van der Waals surface area contributed by atoms with Crippen LogP contribution in [0.15, 0.2) is 42.5 Å². The van der Waals surface area contributed by atoms with E-state index in [1.54, 1.807) is 18.2 Å². The highest BCUT2D eigenvalue weighted by atomic mass is 35.5. The van der Waals surface area contributed by atoms with Gasteiger partial charge in [-0.15, -0.1) is 0 Å². The molecule has 1 aliphatic rings. The average molecular weight is 388 g/mol. The quantitative estimate of drug-likeness (QED) is 0.797. The number of hydrogen-bond donors (Lipinski definition) is 2. The monoisotopic (exact) mass is 387 g/mol. The van der Waals surface area contributed by atoms with Crippen LogP contribution in [0, 0.1) is 6.92 Å². The highest BCUT2D eigenvalue weighted by Crippen LogP contribution is 2.21. The van der Waals surface area contributed by atoms with Crippen LogP contribution in [-0.2, 0) is 16.1 Å². The van der Waals surface area contributed by atoms with Gasteiger partial charge >= 0.3 is 0 Å². The first-order valence-corrected chi connectivity index (χ1v) is 9.15. The van der Waals surface area contributed by atoms with E-state index in [1.165, 1.54) is 0 Å². The van der Waals surface area contributed by atoms with E-state index in [-0.39, 0.29) is 18.4 Å². The first kappa shape index (κ1) is 19.0. The lowest BCUT2D eigenvalue weighted by molar-refractivity contribution is -0.123. The van der Waals surface area contributed by atoms with Gasteiger partial charge in [0.05, 0.1) is 6.54 Å². The topological polar surface area (TPSA) is 70.7 Å². The van der Waals surface area contributed by atoms with Crippen LogP contribution >= 0.6 is 11.6 Å². The summed E-state index contributed by atoms with van der Waals surface area (Å²) in [6.45, 7) is 4.07. The Morgan fingerprint density at radius 1 is 1.26 bits per heavy atom. The number of carbonyl (C=O) groups excluding carboxylic acids is 2. The van der Waals surface area contributed by atoms with Gasteiger partial charge in [-0.2, -0.15) is 0 Å². The van der Waals surface area contributed by atoms with Crippen LogP contribution < -0.4 is 20.3 Å². The molecule has 7 heteroatoms. The largest absolute Gasteiger partial charge is 0.484 e. The minimum absolute atomic E-state index is 0.0356. The third-order valence-electron chi connectivity index (χ3n) is 4.33. The fourth-order valence-electron chi connectivity index (χ4n) is 2.79. The van der Waals surface area contributed by atoms with Crippen molar-refractivity contribution in [3.05, 3.63) is 58.6 Å². The smallest absolute Gasteiger partial charge is 0.258 e. The van der Waals surface area contributed by atoms with Crippen LogP contribution in [0.3, 0.4) is 0 Å². The molecule has 3 rings (SSSR count). The van der Waals surface area contributed by atoms with Gasteiger partial charge in [-0.3, -0.25) is 9.59 Å².